The molecule has 1 aromatic rings. The van der Waals surface area contributed by atoms with E-state index in [0.29, 0.717) is 24.9 Å². The number of carboxylic acid groups (broad SMARTS) is 1. The summed E-state index contributed by atoms with van der Waals surface area (Å²) in [5.41, 5.74) is 16.5. The molecule has 0 bridgehead atoms. The normalized spacial score (nSPS) is 16.8. The number of rotatable bonds is 16. The largest absolute Gasteiger partial charge is 0.480 e. The van der Waals surface area contributed by atoms with Crippen molar-refractivity contribution in [3.63, 3.8) is 0 Å². The minimum atomic E-state index is -1.26. The van der Waals surface area contributed by atoms with Gasteiger partial charge in [0.15, 0.2) is 5.96 Å². The summed E-state index contributed by atoms with van der Waals surface area (Å²) in [6.45, 7) is 0.857. The Kier molecular flexibility index (Phi) is 12.7. The third-order valence-electron chi connectivity index (χ3n) is 6.16. The lowest BCUT2D eigenvalue weighted by molar-refractivity contribution is -0.142. The predicted molar refractivity (Wildman–Crippen MR) is 143 cm³/mol. The molecule has 0 radical (unpaired) electrons. The molecule has 11 N–H and O–H groups in total. The van der Waals surface area contributed by atoms with Crippen molar-refractivity contribution in [1.82, 2.24) is 21.3 Å². The highest BCUT2D eigenvalue weighted by Gasteiger charge is 2.31. The van der Waals surface area contributed by atoms with Crippen LogP contribution in [0.3, 0.4) is 0 Å². The first kappa shape index (κ1) is 31.0. The van der Waals surface area contributed by atoms with E-state index >= 15 is 0 Å². The number of aliphatic imine (C=N–C) groups is 1. The van der Waals surface area contributed by atoms with Crippen molar-refractivity contribution >= 4 is 35.6 Å². The molecule has 0 aliphatic carbocycles. The Morgan fingerprint density at radius 1 is 0.949 bits per heavy atom. The van der Waals surface area contributed by atoms with Gasteiger partial charge in [0.25, 0.3) is 0 Å². The van der Waals surface area contributed by atoms with Gasteiger partial charge in [0, 0.05) is 19.4 Å². The molecular formula is C25H38N8O6. The molecule has 0 spiro atoms. The van der Waals surface area contributed by atoms with E-state index in [1.165, 1.54) is 0 Å². The standard InChI is InChI=1S/C25H38N8O6/c26-20(34)11-10-17(31-21(35)16-8-4-12-29-16)22(36)33-19(14-15-6-2-1-3-7-15)23(37)32-18(24(38)39)9-5-13-30-25(27)28/h1-3,6-7,16-19,29H,4-5,8-14H2,(H2,26,34)(H,31,35)(H,32,37)(H,33,36)(H,38,39)(H4,27,28,30). The van der Waals surface area contributed by atoms with Crippen molar-refractivity contribution in [2.45, 2.75) is 69.1 Å². The molecule has 14 heteroatoms. The molecule has 1 saturated heterocycles. The maximum atomic E-state index is 13.3. The highest BCUT2D eigenvalue weighted by atomic mass is 16.4. The number of nitrogens with zero attached hydrogens (tertiary/aromatic N) is 1. The van der Waals surface area contributed by atoms with Crippen LogP contribution in [-0.4, -0.2) is 77.9 Å². The second-order valence-corrected chi connectivity index (χ2v) is 9.31. The maximum absolute atomic E-state index is 13.3. The summed E-state index contributed by atoms with van der Waals surface area (Å²) in [5, 5.41) is 20.4. The monoisotopic (exact) mass is 546 g/mol. The fourth-order valence-corrected chi connectivity index (χ4v) is 4.10. The van der Waals surface area contributed by atoms with Gasteiger partial charge in [0.05, 0.1) is 6.04 Å². The number of carbonyl (C=O) groups excluding carboxylic acids is 4. The van der Waals surface area contributed by atoms with Gasteiger partial charge in [0.1, 0.15) is 18.1 Å². The van der Waals surface area contributed by atoms with Crippen molar-refractivity contribution in [3.05, 3.63) is 35.9 Å². The van der Waals surface area contributed by atoms with Crippen LogP contribution < -0.4 is 38.5 Å². The summed E-state index contributed by atoms with van der Waals surface area (Å²) in [4.78, 5) is 66.2. The number of hydrogen-bond donors (Lipinski definition) is 8. The van der Waals surface area contributed by atoms with Crippen molar-refractivity contribution in [3.8, 4) is 0 Å². The lowest BCUT2D eigenvalue weighted by atomic mass is 10.0. The molecule has 1 heterocycles. The van der Waals surface area contributed by atoms with E-state index < -0.39 is 53.8 Å². The minimum Gasteiger partial charge on any atom is -0.480 e. The molecular weight excluding hydrogens is 508 g/mol. The fraction of sp³-hybridized carbons (Fsp3) is 0.520. The SMILES string of the molecule is NC(=O)CCC(NC(=O)C1CCCN1)C(=O)NC(Cc1ccccc1)C(=O)NC(CCCN=C(N)N)C(=O)O. The van der Waals surface area contributed by atoms with Crippen LogP contribution in [0.15, 0.2) is 35.3 Å². The third kappa shape index (κ3) is 11.4. The van der Waals surface area contributed by atoms with Crippen molar-refractivity contribution < 1.29 is 29.1 Å². The Morgan fingerprint density at radius 2 is 1.62 bits per heavy atom. The summed E-state index contributed by atoms with van der Waals surface area (Å²) < 4.78 is 0. The van der Waals surface area contributed by atoms with Gasteiger partial charge in [-0.15, -0.1) is 0 Å². The highest BCUT2D eigenvalue weighted by Crippen LogP contribution is 2.09. The molecule has 4 atom stereocenters. The number of amides is 4. The average molecular weight is 547 g/mol. The smallest absolute Gasteiger partial charge is 0.326 e. The van der Waals surface area contributed by atoms with E-state index in [1.54, 1.807) is 30.3 Å². The molecule has 2 rings (SSSR count). The van der Waals surface area contributed by atoms with E-state index in [0.717, 1.165) is 6.42 Å². The first-order valence-electron chi connectivity index (χ1n) is 12.8. The summed E-state index contributed by atoms with van der Waals surface area (Å²) in [7, 11) is 0. The second-order valence-electron chi connectivity index (χ2n) is 9.31. The van der Waals surface area contributed by atoms with E-state index in [-0.39, 0.29) is 38.2 Å². The van der Waals surface area contributed by atoms with Crippen LogP contribution in [0.2, 0.25) is 0 Å². The van der Waals surface area contributed by atoms with Crippen LogP contribution in [0.4, 0.5) is 0 Å². The number of nitrogens with two attached hydrogens (primary N) is 3. The van der Waals surface area contributed by atoms with Crippen LogP contribution in [-0.2, 0) is 30.4 Å². The van der Waals surface area contributed by atoms with Crippen molar-refractivity contribution in [1.29, 1.82) is 0 Å². The zero-order chi connectivity index (χ0) is 28.8. The van der Waals surface area contributed by atoms with E-state index in [9.17, 15) is 29.1 Å². The van der Waals surface area contributed by atoms with Crippen LogP contribution in [0.25, 0.3) is 0 Å². The van der Waals surface area contributed by atoms with E-state index in [4.69, 9.17) is 17.2 Å². The third-order valence-corrected chi connectivity index (χ3v) is 6.16. The number of hydrogen-bond acceptors (Lipinski definition) is 7. The molecule has 214 valence electrons. The van der Waals surface area contributed by atoms with Gasteiger partial charge < -0.3 is 43.6 Å². The summed E-state index contributed by atoms with van der Waals surface area (Å²) in [6, 6.07) is 4.82. The fourth-order valence-electron chi connectivity index (χ4n) is 4.10. The number of carbonyl (C=O) groups is 5. The van der Waals surface area contributed by atoms with Gasteiger partial charge in [-0.05, 0) is 44.2 Å². The number of benzene rings is 1. The van der Waals surface area contributed by atoms with Crippen molar-refractivity contribution in [2.75, 3.05) is 13.1 Å². The molecule has 1 aromatic carbocycles. The minimum absolute atomic E-state index is 0.0511. The Hall–Kier alpha value is -4.20. The number of nitrogens with one attached hydrogen (secondary N) is 4. The topological polar surface area (TPSA) is 244 Å². The number of carboxylic acids is 1. The summed E-state index contributed by atoms with van der Waals surface area (Å²) in [6.07, 6.45) is 1.59. The molecule has 39 heavy (non-hydrogen) atoms. The zero-order valence-electron chi connectivity index (χ0n) is 21.7. The lowest BCUT2D eigenvalue weighted by Gasteiger charge is -2.25. The molecule has 1 aliphatic heterocycles. The molecule has 0 aromatic heterocycles. The van der Waals surface area contributed by atoms with Gasteiger partial charge in [0.2, 0.25) is 23.6 Å². The molecule has 4 unspecified atom stereocenters. The zero-order valence-corrected chi connectivity index (χ0v) is 21.7. The number of primary amides is 1. The number of aliphatic carboxylic acids is 1. The Morgan fingerprint density at radius 3 is 2.21 bits per heavy atom. The molecule has 4 amide bonds. The molecule has 0 saturated carbocycles. The summed E-state index contributed by atoms with van der Waals surface area (Å²) >= 11 is 0. The van der Waals surface area contributed by atoms with Gasteiger partial charge in [-0.25, -0.2) is 4.79 Å². The summed E-state index contributed by atoms with van der Waals surface area (Å²) in [5.74, 6) is -3.85. The van der Waals surface area contributed by atoms with Gasteiger partial charge in [-0.2, -0.15) is 0 Å². The highest BCUT2D eigenvalue weighted by molar-refractivity contribution is 5.94. The first-order valence-corrected chi connectivity index (χ1v) is 12.8. The van der Waals surface area contributed by atoms with E-state index in [1.807, 2.05) is 0 Å². The Labute approximate surface area is 226 Å². The Balaban J connectivity index is 2.17. The van der Waals surface area contributed by atoms with Crippen LogP contribution in [0.1, 0.15) is 44.1 Å². The molecule has 1 aliphatic rings. The van der Waals surface area contributed by atoms with Gasteiger partial charge in [-0.3, -0.25) is 24.2 Å². The lowest BCUT2D eigenvalue weighted by Crippen LogP contribution is -2.57. The average Bonchev–Trinajstić information content (AvgIpc) is 3.43. The van der Waals surface area contributed by atoms with Crippen LogP contribution in [0.5, 0.6) is 0 Å². The van der Waals surface area contributed by atoms with Gasteiger partial charge >= 0.3 is 5.97 Å². The first-order chi connectivity index (χ1) is 18.6. The molecule has 1 fully saturated rings. The van der Waals surface area contributed by atoms with Gasteiger partial charge in [-0.1, -0.05) is 30.3 Å². The second kappa shape index (κ2) is 15.9. The van der Waals surface area contributed by atoms with Crippen LogP contribution in [0, 0.1) is 0 Å². The van der Waals surface area contributed by atoms with E-state index in [2.05, 4.69) is 26.3 Å². The van der Waals surface area contributed by atoms with Crippen LogP contribution >= 0.6 is 0 Å². The number of guanidine groups is 1. The maximum Gasteiger partial charge on any atom is 0.326 e. The molecule has 14 nitrogen and oxygen atoms in total. The van der Waals surface area contributed by atoms with Crippen molar-refractivity contribution in [2.24, 2.45) is 22.2 Å². The quantitative estimate of drug-likeness (QED) is 0.0638. The predicted octanol–water partition coefficient (Wildman–Crippen LogP) is -2.16. The Bertz CT molecular complexity index is 1020.